The Morgan fingerprint density at radius 1 is 1.15 bits per heavy atom. The smallest absolute Gasteiger partial charge is 0.227 e. The van der Waals surface area contributed by atoms with Crippen molar-refractivity contribution in [3.8, 4) is 17.2 Å². The maximum atomic E-state index is 12.1. The predicted octanol–water partition coefficient (Wildman–Crippen LogP) is 4.64. The second kappa shape index (κ2) is 8.32. The minimum absolute atomic E-state index is 0.178. The third-order valence-corrected chi connectivity index (χ3v) is 4.36. The summed E-state index contributed by atoms with van der Waals surface area (Å²) in [5.74, 6) is 2.22. The van der Waals surface area contributed by atoms with Crippen LogP contribution in [0.5, 0.6) is 17.2 Å². The van der Waals surface area contributed by atoms with E-state index in [1.165, 1.54) is 5.56 Å². The molecule has 2 aromatic rings. The summed E-state index contributed by atoms with van der Waals surface area (Å²) in [6, 6.07) is 11.2. The van der Waals surface area contributed by atoms with Crippen LogP contribution >= 0.6 is 11.6 Å². The molecule has 26 heavy (non-hydrogen) atoms. The fourth-order valence-electron chi connectivity index (χ4n) is 2.58. The van der Waals surface area contributed by atoms with Crippen LogP contribution in [-0.2, 0) is 4.79 Å². The number of rotatable bonds is 6. The highest BCUT2D eigenvalue weighted by Crippen LogP contribution is 2.37. The van der Waals surface area contributed by atoms with Crippen LogP contribution in [0.15, 0.2) is 36.4 Å². The number of carbonyl (C=O) groups is 1. The van der Waals surface area contributed by atoms with Crippen LogP contribution in [0.2, 0.25) is 5.02 Å². The van der Waals surface area contributed by atoms with E-state index in [1.54, 1.807) is 12.1 Å². The van der Waals surface area contributed by atoms with E-state index in [9.17, 15) is 4.79 Å². The third-order valence-electron chi connectivity index (χ3n) is 4.05. The predicted molar refractivity (Wildman–Crippen MR) is 102 cm³/mol. The number of nitrogens with one attached hydrogen (secondary N) is 1. The van der Waals surface area contributed by atoms with Crippen molar-refractivity contribution in [3.05, 3.63) is 47.0 Å². The van der Waals surface area contributed by atoms with Crippen LogP contribution in [0, 0.1) is 0 Å². The van der Waals surface area contributed by atoms with Gasteiger partial charge in [-0.3, -0.25) is 4.79 Å². The van der Waals surface area contributed by atoms with Gasteiger partial charge in [0.1, 0.15) is 19.0 Å². The number of carbonyl (C=O) groups excluding carboxylic acids is 1. The Morgan fingerprint density at radius 3 is 2.46 bits per heavy atom. The molecule has 0 spiro atoms. The van der Waals surface area contributed by atoms with Crippen LogP contribution in [0.1, 0.15) is 31.7 Å². The first-order valence-corrected chi connectivity index (χ1v) is 9.02. The van der Waals surface area contributed by atoms with Crippen molar-refractivity contribution in [2.75, 3.05) is 25.1 Å². The molecule has 0 saturated carbocycles. The number of hydrogen-bond acceptors (Lipinski definition) is 4. The summed E-state index contributed by atoms with van der Waals surface area (Å²) in [6.45, 7) is 5.54. The summed E-state index contributed by atoms with van der Waals surface area (Å²) in [5, 5.41) is 3.19. The van der Waals surface area contributed by atoms with Gasteiger partial charge >= 0.3 is 0 Å². The van der Waals surface area contributed by atoms with Crippen molar-refractivity contribution in [3.63, 3.8) is 0 Å². The lowest BCUT2D eigenvalue weighted by molar-refractivity contribution is -0.116. The number of fused-ring (bicyclic) bond motifs is 1. The van der Waals surface area contributed by atoms with Crippen molar-refractivity contribution >= 4 is 23.2 Å². The molecule has 1 aliphatic rings. The molecule has 6 heteroatoms. The average Bonchev–Trinajstić information content (AvgIpc) is 2.63. The molecule has 138 valence electrons. The number of amides is 1. The molecule has 1 aliphatic heterocycles. The SMILES string of the molecule is CC(C)c1ccc(OCCC(=O)Nc2cc3c(cc2Cl)OCCO3)cc1. The minimum Gasteiger partial charge on any atom is -0.493 e. The summed E-state index contributed by atoms with van der Waals surface area (Å²) in [4.78, 5) is 12.1. The maximum Gasteiger partial charge on any atom is 0.227 e. The fourth-order valence-corrected chi connectivity index (χ4v) is 2.78. The minimum atomic E-state index is -0.178. The number of benzene rings is 2. The Bertz CT molecular complexity index is 774. The van der Waals surface area contributed by atoms with Crippen molar-refractivity contribution < 1.29 is 19.0 Å². The lowest BCUT2D eigenvalue weighted by atomic mass is 10.0. The Hall–Kier alpha value is -2.40. The van der Waals surface area contributed by atoms with E-state index in [0.29, 0.717) is 41.3 Å². The van der Waals surface area contributed by atoms with Crippen LogP contribution < -0.4 is 19.5 Å². The van der Waals surface area contributed by atoms with Gasteiger partial charge in [-0.05, 0) is 23.6 Å². The van der Waals surface area contributed by atoms with E-state index >= 15 is 0 Å². The van der Waals surface area contributed by atoms with Gasteiger partial charge in [0.25, 0.3) is 0 Å². The zero-order valence-electron chi connectivity index (χ0n) is 14.9. The first-order chi connectivity index (χ1) is 12.5. The molecule has 1 amide bonds. The van der Waals surface area contributed by atoms with E-state index in [1.807, 2.05) is 24.3 Å². The molecular weight excluding hydrogens is 354 g/mol. The molecule has 2 aromatic carbocycles. The molecule has 0 radical (unpaired) electrons. The van der Waals surface area contributed by atoms with Crippen LogP contribution in [0.4, 0.5) is 5.69 Å². The number of hydrogen-bond donors (Lipinski definition) is 1. The molecule has 0 fully saturated rings. The van der Waals surface area contributed by atoms with Gasteiger partial charge in [0, 0.05) is 12.1 Å². The summed E-state index contributed by atoms with van der Waals surface area (Å²) in [5.41, 5.74) is 1.76. The summed E-state index contributed by atoms with van der Waals surface area (Å²) < 4.78 is 16.6. The summed E-state index contributed by atoms with van der Waals surface area (Å²) >= 11 is 6.19. The van der Waals surface area contributed by atoms with Crippen LogP contribution in [-0.4, -0.2) is 25.7 Å². The lowest BCUT2D eigenvalue weighted by Gasteiger charge is -2.20. The normalized spacial score (nSPS) is 12.8. The Labute approximate surface area is 158 Å². The first-order valence-electron chi connectivity index (χ1n) is 8.64. The largest absolute Gasteiger partial charge is 0.493 e. The van der Waals surface area contributed by atoms with Gasteiger partial charge in [0.15, 0.2) is 11.5 Å². The number of halogens is 1. The zero-order valence-corrected chi connectivity index (χ0v) is 15.6. The molecule has 0 bridgehead atoms. The first kappa shape index (κ1) is 18.4. The molecule has 0 unspecified atom stereocenters. The summed E-state index contributed by atoms with van der Waals surface area (Å²) in [6.07, 6.45) is 0.219. The molecule has 1 heterocycles. The maximum absolute atomic E-state index is 12.1. The van der Waals surface area contributed by atoms with Crippen molar-refractivity contribution in [1.82, 2.24) is 0 Å². The lowest BCUT2D eigenvalue weighted by Crippen LogP contribution is -2.18. The van der Waals surface area contributed by atoms with E-state index in [0.717, 1.165) is 5.75 Å². The van der Waals surface area contributed by atoms with Crippen LogP contribution in [0.25, 0.3) is 0 Å². The van der Waals surface area contributed by atoms with Crippen molar-refractivity contribution in [2.24, 2.45) is 0 Å². The second-order valence-electron chi connectivity index (χ2n) is 6.35. The van der Waals surface area contributed by atoms with Gasteiger partial charge in [-0.25, -0.2) is 0 Å². The van der Waals surface area contributed by atoms with Gasteiger partial charge in [-0.15, -0.1) is 0 Å². The Kier molecular flexibility index (Phi) is 5.89. The van der Waals surface area contributed by atoms with E-state index in [2.05, 4.69) is 19.2 Å². The summed E-state index contributed by atoms with van der Waals surface area (Å²) in [7, 11) is 0. The zero-order chi connectivity index (χ0) is 18.5. The second-order valence-corrected chi connectivity index (χ2v) is 6.75. The molecule has 0 aliphatic carbocycles. The molecule has 0 saturated heterocycles. The van der Waals surface area contributed by atoms with Gasteiger partial charge in [-0.1, -0.05) is 37.6 Å². The molecule has 5 nitrogen and oxygen atoms in total. The van der Waals surface area contributed by atoms with Crippen LogP contribution in [0.3, 0.4) is 0 Å². The quantitative estimate of drug-likeness (QED) is 0.798. The number of anilines is 1. The highest BCUT2D eigenvalue weighted by Gasteiger charge is 2.16. The Balaban J connectivity index is 1.51. The highest BCUT2D eigenvalue weighted by molar-refractivity contribution is 6.34. The van der Waals surface area contributed by atoms with E-state index in [-0.39, 0.29) is 18.9 Å². The van der Waals surface area contributed by atoms with Gasteiger partial charge in [-0.2, -0.15) is 0 Å². The Morgan fingerprint density at radius 2 is 1.81 bits per heavy atom. The van der Waals surface area contributed by atoms with Gasteiger partial charge in [0.2, 0.25) is 5.91 Å². The van der Waals surface area contributed by atoms with E-state index < -0.39 is 0 Å². The topological polar surface area (TPSA) is 56.8 Å². The van der Waals surface area contributed by atoms with Crippen molar-refractivity contribution in [2.45, 2.75) is 26.2 Å². The third kappa shape index (κ3) is 4.61. The standard InChI is InChI=1S/C20H22ClNO4/c1-13(2)14-3-5-15(6-4-14)24-8-7-20(23)22-17-12-19-18(11-16(17)21)25-9-10-26-19/h3-6,11-13H,7-10H2,1-2H3,(H,22,23). The molecule has 0 atom stereocenters. The fraction of sp³-hybridized carbons (Fsp3) is 0.350. The molecule has 1 N–H and O–H groups in total. The van der Waals surface area contributed by atoms with E-state index in [4.69, 9.17) is 25.8 Å². The van der Waals surface area contributed by atoms with Gasteiger partial charge < -0.3 is 19.5 Å². The highest BCUT2D eigenvalue weighted by atomic mass is 35.5. The average molecular weight is 376 g/mol. The number of ether oxygens (including phenoxy) is 3. The molecule has 3 rings (SSSR count). The van der Waals surface area contributed by atoms with Crippen molar-refractivity contribution in [1.29, 1.82) is 0 Å². The molecular formula is C20H22ClNO4. The van der Waals surface area contributed by atoms with Gasteiger partial charge in [0.05, 0.1) is 23.7 Å². The molecule has 0 aromatic heterocycles. The monoisotopic (exact) mass is 375 g/mol.